The van der Waals surface area contributed by atoms with Gasteiger partial charge in [0.05, 0.1) is 22.6 Å². The zero-order chi connectivity index (χ0) is 27.4. The summed E-state index contributed by atoms with van der Waals surface area (Å²) in [6, 6.07) is 50.1. The topological polar surface area (TPSA) is 41.9 Å². The first kappa shape index (κ1) is 24.4. The van der Waals surface area contributed by atoms with E-state index in [2.05, 4.69) is 94.8 Å². The van der Waals surface area contributed by atoms with Gasteiger partial charge >= 0.3 is 0 Å². The average Bonchev–Trinajstić information content (AvgIpc) is 3.06. The SMILES string of the molecule is c1ccc(-c2ccc(N(c3ccncc3)c3nc(-c4ccccc4)c4ccccc4n3)c(-c3ccccc3)c2)cc1. The molecule has 2 aromatic heterocycles. The molecule has 0 saturated heterocycles. The van der Waals surface area contributed by atoms with Gasteiger partial charge in [0, 0.05) is 28.9 Å². The molecule has 0 radical (unpaired) electrons. The number of fused-ring (bicyclic) bond motifs is 1. The molecule has 0 saturated carbocycles. The Morgan fingerprint density at radius 3 is 1.78 bits per heavy atom. The van der Waals surface area contributed by atoms with Crippen molar-refractivity contribution in [3.05, 3.63) is 158 Å². The molecular weight excluding hydrogens is 500 g/mol. The van der Waals surface area contributed by atoms with Gasteiger partial charge in [-0.3, -0.25) is 9.88 Å². The smallest absolute Gasteiger partial charge is 0.235 e. The predicted molar refractivity (Wildman–Crippen MR) is 168 cm³/mol. The highest BCUT2D eigenvalue weighted by Crippen LogP contribution is 2.42. The molecule has 0 atom stereocenters. The molecule has 4 heteroatoms. The number of aromatic nitrogens is 3. The van der Waals surface area contributed by atoms with Gasteiger partial charge in [-0.1, -0.05) is 115 Å². The summed E-state index contributed by atoms with van der Waals surface area (Å²) in [6.07, 6.45) is 3.62. The van der Waals surface area contributed by atoms with Crippen molar-refractivity contribution in [3.8, 4) is 33.5 Å². The molecule has 0 amide bonds. The van der Waals surface area contributed by atoms with Crippen LogP contribution in [0.5, 0.6) is 0 Å². The Hall–Kier alpha value is -5.61. The maximum absolute atomic E-state index is 5.23. The standard InChI is InChI=1S/C37H26N4/c1-4-12-27(13-5-1)30-20-21-35(33(26-30)28-14-6-2-7-15-28)41(31-22-24-38-25-23-31)37-39-34-19-11-10-18-32(34)36(40-37)29-16-8-3-9-17-29/h1-26H. The number of pyridine rings is 1. The van der Waals surface area contributed by atoms with Crippen LogP contribution in [0.2, 0.25) is 0 Å². The first-order valence-electron chi connectivity index (χ1n) is 13.6. The Balaban J connectivity index is 1.51. The Bertz CT molecular complexity index is 1920. The minimum Gasteiger partial charge on any atom is -0.278 e. The Kier molecular flexibility index (Phi) is 6.48. The van der Waals surface area contributed by atoms with E-state index >= 15 is 0 Å². The Morgan fingerprint density at radius 2 is 1.07 bits per heavy atom. The average molecular weight is 527 g/mol. The van der Waals surface area contributed by atoms with Gasteiger partial charge in [0.2, 0.25) is 5.95 Å². The van der Waals surface area contributed by atoms with E-state index in [4.69, 9.17) is 9.97 Å². The van der Waals surface area contributed by atoms with E-state index < -0.39 is 0 Å². The molecule has 0 spiro atoms. The van der Waals surface area contributed by atoms with E-state index in [1.165, 1.54) is 5.56 Å². The van der Waals surface area contributed by atoms with Crippen LogP contribution in [-0.2, 0) is 0 Å². The largest absolute Gasteiger partial charge is 0.278 e. The van der Waals surface area contributed by atoms with Crippen molar-refractivity contribution >= 4 is 28.2 Å². The maximum atomic E-state index is 5.23. The zero-order valence-electron chi connectivity index (χ0n) is 22.3. The molecule has 0 aliphatic heterocycles. The summed E-state index contributed by atoms with van der Waals surface area (Å²) in [5.41, 5.74) is 9.25. The molecule has 5 aromatic carbocycles. The van der Waals surface area contributed by atoms with Crippen molar-refractivity contribution in [1.29, 1.82) is 0 Å². The van der Waals surface area contributed by atoms with Gasteiger partial charge in [-0.15, -0.1) is 0 Å². The number of hydrogen-bond donors (Lipinski definition) is 0. The lowest BCUT2D eigenvalue weighted by atomic mass is 9.96. The summed E-state index contributed by atoms with van der Waals surface area (Å²) in [4.78, 5) is 16.8. The molecule has 7 aromatic rings. The fourth-order valence-electron chi connectivity index (χ4n) is 5.23. The lowest BCUT2D eigenvalue weighted by Crippen LogP contribution is -2.15. The third-order valence-electron chi connectivity index (χ3n) is 7.19. The normalized spacial score (nSPS) is 10.9. The second-order valence-electron chi connectivity index (χ2n) is 9.76. The number of nitrogens with zero attached hydrogens (tertiary/aromatic N) is 4. The molecule has 0 unspecified atom stereocenters. The lowest BCUT2D eigenvalue weighted by molar-refractivity contribution is 1.11. The van der Waals surface area contributed by atoms with E-state index in [1.807, 2.05) is 73.1 Å². The number of benzene rings is 5. The summed E-state index contributed by atoms with van der Waals surface area (Å²) < 4.78 is 0. The van der Waals surface area contributed by atoms with Gasteiger partial charge in [0.15, 0.2) is 0 Å². The summed E-state index contributed by atoms with van der Waals surface area (Å²) in [5.74, 6) is 0.596. The van der Waals surface area contributed by atoms with Crippen LogP contribution in [0.1, 0.15) is 0 Å². The summed E-state index contributed by atoms with van der Waals surface area (Å²) in [6.45, 7) is 0. The van der Waals surface area contributed by atoms with Gasteiger partial charge in [-0.05, 0) is 47.0 Å². The highest BCUT2D eigenvalue weighted by Gasteiger charge is 2.22. The number of hydrogen-bond acceptors (Lipinski definition) is 4. The summed E-state index contributed by atoms with van der Waals surface area (Å²) in [5, 5.41) is 1.01. The van der Waals surface area contributed by atoms with Crippen LogP contribution in [0, 0.1) is 0 Å². The Labute approximate surface area is 239 Å². The molecule has 0 aliphatic rings. The highest BCUT2D eigenvalue weighted by atomic mass is 15.3. The molecule has 194 valence electrons. The van der Waals surface area contributed by atoms with Crippen molar-refractivity contribution in [2.45, 2.75) is 0 Å². The molecule has 41 heavy (non-hydrogen) atoms. The van der Waals surface area contributed by atoms with E-state index in [0.717, 1.165) is 50.2 Å². The van der Waals surface area contributed by atoms with E-state index in [0.29, 0.717) is 5.95 Å². The van der Waals surface area contributed by atoms with Gasteiger partial charge in [0.1, 0.15) is 0 Å². The van der Waals surface area contributed by atoms with Gasteiger partial charge in [-0.25, -0.2) is 9.97 Å². The van der Waals surface area contributed by atoms with Crippen molar-refractivity contribution in [3.63, 3.8) is 0 Å². The van der Waals surface area contributed by atoms with Crippen molar-refractivity contribution in [2.24, 2.45) is 0 Å². The Morgan fingerprint density at radius 1 is 0.463 bits per heavy atom. The van der Waals surface area contributed by atoms with Crippen LogP contribution in [0.15, 0.2) is 158 Å². The highest BCUT2D eigenvalue weighted by molar-refractivity contribution is 5.95. The van der Waals surface area contributed by atoms with Crippen LogP contribution in [0.25, 0.3) is 44.4 Å². The van der Waals surface area contributed by atoms with Crippen molar-refractivity contribution in [2.75, 3.05) is 4.90 Å². The van der Waals surface area contributed by atoms with Crippen molar-refractivity contribution < 1.29 is 0 Å². The van der Waals surface area contributed by atoms with E-state index in [1.54, 1.807) is 0 Å². The second kappa shape index (κ2) is 10.9. The van der Waals surface area contributed by atoms with Crippen LogP contribution in [-0.4, -0.2) is 15.0 Å². The first-order valence-corrected chi connectivity index (χ1v) is 13.6. The van der Waals surface area contributed by atoms with Crippen LogP contribution < -0.4 is 4.90 Å². The maximum Gasteiger partial charge on any atom is 0.235 e. The molecule has 7 rings (SSSR count). The van der Waals surface area contributed by atoms with Gasteiger partial charge in [-0.2, -0.15) is 0 Å². The lowest BCUT2D eigenvalue weighted by Gasteiger charge is -2.27. The van der Waals surface area contributed by atoms with E-state index in [-0.39, 0.29) is 0 Å². The molecule has 0 aliphatic carbocycles. The third kappa shape index (κ3) is 4.83. The quantitative estimate of drug-likeness (QED) is 0.216. The second-order valence-corrected chi connectivity index (χ2v) is 9.76. The van der Waals surface area contributed by atoms with Crippen molar-refractivity contribution in [1.82, 2.24) is 15.0 Å². The summed E-state index contributed by atoms with van der Waals surface area (Å²) >= 11 is 0. The third-order valence-corrected chi connectivity index (χ3v) is 7.19. The molecular formula is C37H26N4. The van der Waals surface area contributed by atoms with E-state index in [9.17, 15) is 0 Å². The molecule has 0 N–H and O–H groups in total. The van der Waals surface area contributed by atoms with Crippen LogP contribution >= 0.6 is 0 Å². The molecule has 0 fully saturated rings. The van der Waals surface area contributed by atoms with Gasteiger partial charge in [0.25, 0.3) is 0 Å². The summed E-state index contributed by atoms with van der Waals surface area (Å²) in [7, 11) is 0. The number of para-hydroxylation sites is 1. The predicted octanol–water partition coefficient (Wildman–Crippen LogP) is 9.50. The molecule has 4 nitrogen and oxygen atoms in total. The number of anilines is 3. The fraction of sp³-hybridized carbons (Fsp3) is 0. The zero-order valence-corrected chi connectivity index (χ0v) is 22.3. The first-order chi connectivity index (χ1) is 20.3. The van der Waals surface area contributed by atoms with Gasteiger partial charge < -0.3 is 0 Å². The monoisotopic (exact) mass is 526 g/mol. The molecule has 2 heterocycles. The van der Waals surface area contributed by atoms with Crippen LogP contribution in [0.4, 0.5) is 17.3 Å². The minimum absolute atomic E-state index is 0.596. The minimum atomic E-state index is 0.596. The van der Waals surface area contributed by atoms with Crippen LogP contribution in [0.3, 0.4) is 0 Å². The molecule has 0 bridgehead atoms. The fourth-order valence-corrected chi connectivity index (χ4v) is 5.23. The number of rotatable bonds is 6.